The summed E-state index contributed by atoms with van der Waals surface area (Å²) in [5, 5.41) is 0. The van der Waals surface area contributed by atoms with Crippen LogP contribution in [0.25, 0.3) is 0 Å². The number of aromatic nitrogens is 1. The lowest BCUT2D eigenvalue weighted by Gasteiger charge is -2.18. The van der Waals surface area contributed by atoms with E-state index in [9.17, 15) is 9.18 Å². The Morgan fingerprint density at radius 2 is 2.13 bits per heavy atom. The van der Waals surface area contributed by atoms with Gasteiger partial charge in [-0.2, -0.15) is 0 Å². The summed E-state index contributed by atoms with van der Waals surface area (Å²) in [6.07, 6.45) is 1.33. The maximum atomic E-state index is 13.5. The SMILES string of the molecule is CCN(CC)C(=O)c1ccnc(N)c1F. The highest BCUT2D eigenvalue weighted by Crippen LogP contribution is 2.13. The number of pyridine rings is 1. The summed E-state index contributed by atoms with van der Waals surface area (Å²) in [4.78, 5) is 16.9. The van der Waals surface area contributed by atoms with Gasteiger partial charge in [-0.05, 0) is 19.9 Å². The number of nitrogens with two attached hydrogens (primary N) is 1. The van der Waals surface area contributed by atoms with Crippen molar-refractivity contribution in [3.63, 3.8) is 0 Å². The van der Waals surface area contributed by atoms with Gasteiger partial charge in [0.05, 0.1) is 5.56 Å². The largest absolute Gasteiger partial charge is 0.381 e. The predicted molar refractivity (Wildman–Crippen MR) is 55.9 cm³/mol. The van der Waals surface area contributed by atoms with E-state index in [2.05, 4.69) is 4.98 Å². The van der Waals surface area contributed by atoms with Gasteiger partial charge < -0.3 is 10.6 Å². The van der Waals surface area contributed by atoms with E-state index in [1.807, 2.05) is 13.8 Å². The van der Waals surface area contributed by atoms with Crippen LogP contribution in [-0.2, 0) is 0 Å². The zero-order chi connectivity index (χ0) is 11.4. The molecule has 15 heavy (non-hydrogen) atoms. The molecule has 1 rings (SSSR count). The summed E-state index contributed by atoms with van der Waals surface area (Å²) in [6.45, 7) is 4.75. The van der Waals surface area contributed by atoms with E-state index in [0.29, 0.717) is 13.1 Å². The third kappa shape index (κ3) is 2.23. The van der Waals surface area contributed by atoms with Gasteiger partial charge in [0, 0.05) is 19.3 Å². The Morgan fingerprint density at radius 3 is 2.67 bits per heavy atom. The molecule has 5 heteroatoms. The summed E-state index contributed by atoms with van der Waals surface area (Å²) < 4.78 is 13.5. The first-order valence-corrected chi connectivity index (χ1v) is 4.81. The van der Waals surface area contributed by atoms with Crippen LogP contribution >= 0.6 is 0 Å². The first-order valence-electron chi connectivity index (χ1n) is 4.81. The molecule has 1 amide bonds. The standard InChI is InChI=1S/C10H14FN3O/c1-3-14(4-2)10(15)7-5-6-13-9(12)8(7)11/h5-6H,3-4H2,1-2H3,(H2,12,13). The normalized spacial score (nSPS) is 10.1. The van der Waals surface area contributed by atoms with Crippen molar-refractivity contribution in [1.82, 2.24) is 9.88 Å². The van der Waals surface area contributed by atoms with Gasteiger partial charge in [0.15, 0.2) is 11.6 Å². The molecule has 0 fully saturated rings. The van der Waals surface area contributed by atoms with Crippen molar-refractivity contribution in [3.8, 4) is 0 Å². The lowest BCUT2D eigenvalue weighted by molar-refractivity contribution is 0.0768. The highest BCUT2D eigenvalue weighted by molar-refractivity contribution is 5.95. The molecule has 0 aromatic carbocycles. The smallest absolute Gasteiger partial charge is 0.257 e. The number of carbonyl (C=O) groups excluding carboxylic acids is 1. The van der Waals surface area contributed by atoms with Gasteiger partial charge in [0.25, 0.3) is 5.91 Å². The minimum Gasteiger partial charge on any atom is -0.381 e. The third-order valence-electron chi connectivity index (χ3n) is 2.20. The molecule has 0 aliphatic rings. The van der Waals surface area contributed by atoms with E-state index in [4.69, 9.17) is 5.73 Å². The zero-order valence-corrected chi connectivity index (χ0v) is 8.83. The minimum atomic E-state index is -0.741. The van der Waals surface area contributed by atoms with Crippen molar-refractivity contribution >= 4 is 11.7 Å². The maximum absolute atomic E-state index is 13.5. The van der Waals surface area contributed by atoms with E-state index in [-0.39, 0.29) is 17.3 Å². The molecule has 0 aliphatic carbocycles. The van der Waals surface area contributed by atoms with Gasteiger partial charge in [0.2, 0.25) is 0 Å². The van der Waals surface area contributed by atoms with Gasteiger partial charge in [-0.15, -0.1) is 0 Å². The number of nitrogens with zero attached hydrogens (tertiary/aromatic N) is 2. The van der Waals surface area contributed by atoms with E-state index < -0.39 is 5.82 Å². The average Bonchev–Trinajstić information content (AvgIpc) is 2.23. The number of anilines is 1. The Hall–Kier alpha value is -1.65. The maximum Gasteiger partial charge on any atom is 0.257 e. The molecule has 1 aromatic rings. The molecular formula is C10H14FN3O. The van der Waals surface area contributed by atoms with E-state index in [1.165, 1.54) is 17.2 Å². The number of amides is 1. The second-order valence-corrected chi connectivity index (χ2v) is 3.04. The van der Waals surface area contributed by atoms with Gasteiger partial charge in [-0.3, -0.25) is 4.79 Å². The molecule has 0 unspecified atom stereocenters. The van der Waals surface area contributed by atoms with Crippen molar-refractivity contribution in [2.24, 2.45) is 0 Å². The quantitative estimate of drug-likeness (QED) is 0.819. The second-order valence-electron chi connectivity index (χ2n) is 3.04. The second kappa shape index (κ2) is 4.72. The van der Waals surface area contributed by atoms with Crippen LogP contribution in [0.15, 0.2) is 12.3 Å². The molecule has 0 saturated carbocycles. The fraction of sp³-hybridized carbons (Fsp3) is 0.400. The Labute approximate surface area is 87.9 Å². The molecular weight excluding hydrogens is 197 g/mol. The third-order valence-corrected chi connectivity index (χ3v) is 2.20. The fourth-order valence-corrected chi connectivity index (χ4v) is 1.31. The highest BCUT2D eigenvalue weighted by atomic mass is 19.1. The fourth-order valence-electron chi connectivity index (χ4n) is 1.31. The molecule has 0 radical (unpaired) electrons. The van der Waals surface area contributed by atoms with Crippen LogP contribution < -0.4 is 5.73 Å². The topological polar surface area (TPSA) is 59.2 Å². The van der Waals surface area contributed by atoms with Crippen molar-refractivity contribution in [2.75, 3.05) is 18.8 Å². The zero-order valence-electron chi connectivity index (χ0n) is 8.83. The number of carbonyl (C=O) groups is 1. The first kappa shape index (κ1) is 11.4. The van der Waals surface area contributed by atoms with E-state index >= 15 is 0 Å². The molecule has 0 bridgehead atoms. The minimum absolute atomic E-state index is 0.0220. The monoisotopic (exact) mass is 211 g/mol. The summed E-state index contributed by atoms with van der Waals surface area (Å²) in [5.41, 5.74) is 5.26. The molecule has 1 heterocycles. The van der Waals surface area contributed by atoms with Gasteiger partial charge in [-0.25, -0.2) is 9.37 Å². The Kier molecular flexibility index (Phi) is 3.60. The molecule has 0 aliphatic heterocycles. The lowest BCUT2D eigenvalue weighted by Crippen LogP contribution is -2.31. The average molecular weight is 211 g/mol. The van der Waals surface area contributed by atoms with E-state index in [1.54, 1.807) is 0 Å². The number of hydrogen-bond donors (Lipinski definition) is 1. The van der Waals surface area contributed by atoms with Crippen LogP contribution in [0, 0.1) is 5.82 Å². The number of nitrogen functional groups attached to an aromatic ring is 1. The van der Waals surface area contributed by atoms with Crippen molar-refractivity contribution in [2.45, 2.75) is 13.8 Å². The number of halogens is 1. The summed E-state index contributed by atoms with van der Waals surface area (Å²) in [6, 6.07) is 1.34. The van der Waals surface area contributed by atoms with E-state index in [0.717, 1.165) is 0 Å². The predicted octanol–water partition coefficient (Wildman–Crippen LogP) is 1.28. The molecule has 2 N–H and O–H groups in total. The van der Waals surface area contributed by atoms with Crippen LogP contribution in [0.4, 0.5) is 10.2 Å². The Bertz CT molecular complexity index is 364. The highest BCUT2D eigenvalue weighted by Gasteiger charge is 2.18. The van der Waals surface area contributed by atoms with Crippen LogP contribution in [0.3, 0.4) is 0 Å². The van der Waals surface area contributed by atoms with Crippen LogP contribution in [-0.4, -0.2) is 28.9 Å². The van der Waals surface area contributed by atoms with Gasteiger partial charge in [-0.1, -0.05) is 0 Å². The molecule has 0 spiro atoms. The Morgan fingerprint density at radius 1 is 1.53 bits per heavy atom. The first-order chi connectivity index (χ1) is 7.11. The van der Waals surface area contributed by atoms with Crippen molar-refractivity contribution in [3.05, 3.63) is 23.6 Å². The molecule has 0 atom stereocenters. The van der Waals surface area contributed by atoms with Crippen LogP contribution in [0.2, 0.25) is 0 Å². The number of hydrogen-bond acceptors (Lipinski definition) is 3. The summed E-state index contributed by atoms with van der Waals surface area (Å²) in [7, 11) is 0. The summed E-state index contributed by atoms with van der Waals surface area (Å²) >= 11 is 0. The van der Waals surface area contributed by atoms with Crippen molar-refractivity contribution in [1.29, 1.82) is 0 Å². The van der Waals surface area contributed by atoms with Gasteiger partial charge in [0.1, 0.15) is 0 Å². The van der Waals surface area contributed by atoms with Crippen molar-refractivity contribution < 1.29 is 9.18 Å². The summed E-state index contributed by atoms with van der Waals surface area (Å²) in [5.74, 6) is -1.34. The Balaban J connectivity index is 3.05. The van der Waals surface area contributed by atoms with Gasteiger partial charge >= 0.3 is 0 Å². The molecule has 0 saturated heterocycles. The molecule has 1 aromatic heterocycles. The van der Waals surface area contributed by atoms with Crippen LogP contribution in [0.5, 0.6) is 0 Å². The lowest BCUT2D eigenvalue weighted by atomic mass is 10.2. The van der Waals surface area contributed by atoms with Crippen LogP contribution in [0.1, 0.15) is 24.2 Å². The molecule has 82 valence electrons. The molecule has 4 nitrogen and oxygen atoms in total. The number of rotatable bonds is 3.